The Hall–Kier alpha value is -1.42. The van der Waals surface area contributed by atoms with E-state index in [2.05, 4.69) is 20.9 Å². The first-order valence-electron chi connectivity index (χ1n) is 6.48. The molecule has 0 unspecified atom stereocenters. The Balaban J connectivity index is 2.73. The molecular weight excluding hydrogens is 392 g/mol. The van der Waals surface area contributed by atoms with E-state index in [9.17, 15) is 20.1 Å². The molecule has 0 aliphatic carbocycles. The summed E-state index contributed by atoms with van der Waals surface area (Å²) in [5.74, 6) is -0.787. The van der Waals surface area contributed by atoms with Crippen molar-refractivity contribution in [1.29, 1.82) is 0 Å². The number of carbonyl (C=O) groups excluding carboxylic acids is 1. The number of benzene rings is 1. The van der Waals surface area contributed by atoms with Gasteiger partial charge in [0.25, 0.3) is 5.91 Å². The Bertz CT molecular complexity index is 747. The number of hydrogen-bond donors (Lipinski definition) is 6. The number of aromatic nitrogens is 1. The average Bonchev–Trinajstić information content (AvgIpc) is 2.86. The summed E-state index contributed by atoms with van der Waals surface area (Å²) in [6.07, 6.45) is 0. The van der Waals surface area contributed by atoms with E-state index in [0.29, 0.717) is 32.3 Å². The molecule has 1 amide bonds. The highest BCUT2D eigenvalue weighted by Gasteiger charge is 2.23. The fourth-order valence-electron chi connectivity index (χ4n) is 2.40. The Morgan fingerprint density at radius 1 is 1.17 bits per heavy atom. The summed E-state index contributed by atoms with van der Waals surface area (Å²) in [5, 5.41) is 37.4. The fourth-order valence-corrected chi connectivity index (χ4v) is 3.49. The van der Waals surface area contributed by atoms with Crippen LogP contribution >= 0.6 is 27.5 Å². The molecule has 0 radical (unpaired) electrons. The highest BCUT2D eigenvalue weighted by atomic mass is 79.9. The van der Waals surface area contributed by atoms with Gasteiger partial charge in [-0.3, -0.25) is 10.0 Å². The second kappa shape index (κ2) is 7.43. The molecule has 1 aromatic heterocycles. The predicted octanol–water partition coefficient (Wildman–Crippen LogP) is 1.69. The van der Waals surface area contributed by atoms with Crippen molar-refractivity contribution in [3.8, 4) is 11.1 Å². The minimum atomic E-state index is -0.787. The number of carbonyl (C=O) groups is 1. The monoisotopic (exact) mass is 404 g/mol. The lowest BCUT2D eigenvalue weighted by molar-refractivity contribution is 0.0700. The standard InChI is InChI=1S/C14H14BrClN2O5/c15-11-10(13(16)17-12(11)14(22)18-23)7-2-1-6(3-19)8(4-20)9(7)5-21/h1-2,17,19-21,23H,3-5H2,(H,18,22). The van der Waals surface area contributed by atoms with Gasteiger partial charge >= 0.3 is 0 Å². The van der Waals surface area contributed by atoms with Crippen molar-refractivity contribution < 1.29 is 25.3 Å². The van der Waals surface area contributed by atoms with Crippen molar-refractivity contribution in [2.24, 2.45) is 0 Å². The maximum Gasteiger partial charge on any atom is 0.292 e. The first-order valence-corrected chi connectivity index (χ1v) is 7.65. The molecule has 124 valence electrons. The maximum atomic E-state index is 11.6. The summed E-state index contributed by atoms with van der Waals surface area (Å²) in [4.78, 5) is 14.2. The number of hydrogen-bond acceptors (Lipinski definition) is 5. The molecule has 23 heavy (non-hydrogen) atoms. The van der Waals surface area contributed by atoms with Crippen molar-refractivity contribution in [3.63, 3.8) is 0 Å². The summed E-state index contributed by atoms with van der Waals surface area (Å²) in [6.45, 7) is -1.05. The minimum Gasteiger partial charge on any atom is -0.392 e. The van der Waals surface area contributed by atoms with Crippen LogP contribution in [-0.2, 0) is 19.8 Å². The predicted molar refractivity (Wildman–Crippen MR) is 86.0 cm³/mol. The average molecular weight is 406 g/mol. The number of nitrogens with one attached hydrogen (secondary N) is 2. The van der Waals surface area contributed by atoms with Crippen molar-refractivity contribution >= 4 is 33.4 Å². The fraction of sp³-hybridized carbons (Fsp3) is 0.214. The second-order valence-corrected chi connectivity index (χ2v) is 5.82. The van der Waals surface area contributed by atoms with Crippen LogP contribution in [0.1, 0.15) is 27.2 Å². The molecule has 7 nitrogen and oxygen atoms in total. The van der Waals surface area contributed by atoms with E-state index in [1.54, 1.807) is 12.1 Å². The molecule has 0 spiro atoms. The van der Waals surface area contributed by atoms with E-state index in [0.717, 1.165) is 0 Å². The van der Waals surface area contributed by atoms with Crippen LogP contribution in [0.4, 0.5) is 0 Å². The van der Waals surface area contributed by atoms with Crippen LogP contribution in [0, 0.1) is 0 Å². The molecule has 0 fully saturated rings. The van der Waals surface area contributed by atoms with E-state index in [1.807, 2.05) is 0 Å². The van der Waals surface area contributed by atoms with Crippen LogP contribution in [0.15, 0.2) is 16.6 Å². The summed E-state index contributed by atoms with van der Waals surface area (Å²) >= 11 is 9.39. The molecule has 6 N–H and O–H groups in total. The highest BCUT2D eigenvalue weighted by Crippen LogP contribution is 2.40. The maximum absolute atomic E-state index is 11.6. The third-order valence-corrected chi connectivity index (χ3v) is 4.58. The molecule has 0 aliphatic rings. The first-order chi connectivity index (χ1) is 11.0. The Morgan fingerprint density at radius 2 is 1.83 bits per heavy atom. The molecule has 0 atom stereocenters. The number of hydroxylamine groups is 1. The zero-order valence-corrected chi connectivity index (χ0v) is 14.1. The van der Waals surface area contributed by atoms with Crippen LogP contribution < -0.4 is 5.48 Å². The quantitative estimate of drug-likeness (QED) is 0.333. The number of aliphatic hydroxyl groups is 3. The molecule has 2 aromatic rings. The van der Waals surface area contributed by atoms with Gasteiger partial charge in [-0.15, -0.1) is 0 Å². The molecule has 0 saturated carbocycles. The van der Waals surface area contributed by atoms with Gasteiger partial charge in [-0.2, -0.15) is 0 Å². The molecular formula is C14H14BrClN2O5. The number of H-pyrrole nitrogens is 1. The number of amides is 1. The zero-order chi connectivity index (χ0) is 17.1. The van der Waals surface area contributed by atoms with Gasteiger partial charge in [0.2, 0.25) is 0 Å². The molecule has 0 bridgehead atoms. The zero-order valence-electron chi connectivity index (χ0n) is 11.7. The number of aliphatic hydroxyl groups excluding tert-OH is 3. The van der Waals surface area contributed by atoms with Crippen molar-refractivity contribution in [1.82, 2.24) is 10.5 Å². The third kappa shape index (κ3) is 3.14. The Morgan fingerprint density at radius 3 is 2.35 bits per heavy atom. The summed E-state index contributed by atoms with van der Waals surface area (Å²) < 4.78 is 0.296. The highest BCUT2D eigenvalue weighted by molar-refractivity contribution is 9.10. The van der Waals surface area contributed by atoms with Gasteiger partial charge in [0.15, 0.2) is 0 Å². The van der Waals surface area contributed by atoms with Gasteiger partial charge in [-0.25, -0.2) is 5.48 Å². The Labute approximate surface area is 144 Å². The molecule has 0 aliphatic heterocycles. The van der Waals surface area contributed by atoms with Gasteiger partial charge in [-0.05, 0) is 38.2 Å². The summed E-state index contributed by atoms with van der Waals surface area (Å²) in [5.41, 5.74) is 3.65. The topological polar surface area (TPSA) is 126 Å². The van der Waals surface area contributed by atoms with Crippen molar-refractivity contribution in [3.05, 3.63) is 44.1 Å². The Kier molecular flexibility index (Phi) is 5.79. The second-order valence-electron chi connectivity index (χ2n) is 4.65. The number of halogens is 2. The van der Waals surface area contributed by atoms with E-state index >= 15 is 0 Å². The number of rotatable bonds is 5. The van der Waals surface area contributed by atoms with Gasteiger partial charge < -0.3 is 20.3 Å². The molecule has 2 rings (SSSR count). The van der Waals surface area contributed by atoms with E-state index in [1.165, 1.54) is 5.48 Å². The summed E-state index contributed by atoms with van der Waals surface area (Å²) in [6, 6.07) is 3.22. The molecule has 9 heteroatoms. The first kappa shape index (κ1) is 17.9. The SMILES string of the molecule is O=C(NO)c1[nH]c(Cl)c(-c2ccc(CO)c(CO)c2CO)c1Br. The number of aromatic amines is 1. The lowest BCUT2D eigenvalue weighted by Crippen LogP contribution is -2.19. The van der Waals surface area contributed by atoms with Gasteiger partial charge in [0, 0.05) is 5.56 Å². The lowest BCUT2D eigenvalue weighted by Gasteiger charge is -2.15. The lowest BCUT2D eigenvalue weighted by atomic mass is 9.93. The van der Waals surface area contributed by atoms with Crippen LogP contribution in [0.25, 0.3) is 11.1 Å². The smallest absolute Gasteiger partial charge is 0.292 e. The van der Waals surface area contributed by atoms with E-state index < -0.39 is 12.5 Å². The molecule has 1 aromatic carbocycles. The van der Waals surface area contributed by atoms with Crippen molar-refractivity contribution in [2.45, 2.75) is 19.8 Å². The van der Waals surface area contributed by atoms with Crippen LogP contribution in [-0.4, -0.2) is 31.4 Å². The third-order valence-electron chi connectivity index (χ3n) is 3.51. The normalized spacial score (nSPS) is 10.9. The molecule has 1 heterocycles. The van der Waals surface area contributed by atoms with Crippen molar-refractivity contribution in [2.75, 3.05) is 0 Å². The largest absolute Gasteiger partial charge is 0.392 e. The minimum absolute atomic E-state index is 0.00757. The van der Waals surface area contributed by atoms with Crippen LogP contribution in [0.3, 0.4) is 0 Å². The van der Waals surface area contributed by atoms with Gasteiger partial charge in [0.1, 0.15) is 10.8 Å². The van der Waals surface area contributed by atoms with Gasteiger partial charge in [-0.1, -0.05) is 23.7 Å². The van der Waals surface area contributed by atoms with Gasteiger partial charge in [0.05, 0.1) is 24.3 Å². The van der Waals surface area contributed by atoms with E-state index in [4.69, 9.17) is 16.8 Å². The van der Waals surface area contributed by atoms with E-state index in [-0.39, 0.29) is 24.1 Å². The molecule has 0 saturated heterocycles. The van der Waals surface area contributed by atoms with Crippen LogP contribution in [0.5, 0.6) is 0 Å². The summed E-state index contributed by atoms with van der Waals surface area (Å²) in [7, 11) is 0. The van der Waals surface area contributed by atoms with Crippen LogP contribution in [0.2, 0.25) is 5.15 Å².